The molecule has 2 aromatic rings. The molecule has 0 aliphatic heterocycles. The molecule has 5 heteroatoms. The second-order valence-electron chi connectivity index (χ2n) is 5.22. The van der Waals surface area contributed by atoms with Crippen molar-refractivity contribution in [1.82, 2.24) is 4.98 Å². The van der Waals surface area contributed by atoms with E-state index in [4.69, 9.17) is 16.6 Å². The van der Waals surface area contributed by atoms with Gasteiger partial charge in [0.05, 0.1) is 17.2 Å². The highest BCUT2D eigenvalue weighted by atomic mass is 35.5. The molecule has 21 heavy (non-hydrogen) atoms. The average molecular weight is 325 g/mol. The fourth-order valence-electron chi connectivity index (χ4n) is 2.16. The van der Waals surface area contributed by atoms with Gasteiger partial charge in [-0.2, -0.15) is 0 Å². The van der Waals surface area contributed by atoms with E-state index < -0.39 is 0 Å². The number of aliphatic hydroxyl groups excluding tert-OH is 1. The number of hydrogen-bond donors (Lipinski definition) is 1. The first-order valence-corrected chi connectivity index (χ1v) is 8.31. The van der Waals surface area contributed by atoms with Gasteiger partial charge in [-0.25, -0.2) is 4.98 Å². The van der Waals surface area contributed by atoms with Crippen LogP contribution < -0.4 is 4.90 Å². The molecule has 114 valence electrons. The van der Waals surface area contributed by atoms with Crippen molar-refractivity contribution in [3.05, 3.63) is 45.4 Å². The van der Waals surface area contributed by atoms with E-state index in [1.807, 2.05) is 31.3 Å². The van der Waals surface area contributed by atoms with Crippen molar-refractivity contribution in [2.75, 3.05) is 11.9 Å². The number of benzene rings is 1. The van der Waals surface area contributed by atoms with Crippen molar-refractivity contribution < 1.29 is 5.11 Å². The minimum atomic E-state index is 0.0529. The van der Waals surface area contributed by atoms with Crippen LogP contribution in [0.4, 0.5) is 5.13 Å². The molecule has 1 N–H and O–H groups in total. The Morgan fingerprint density at radius 1 is 1.38 bits per heavy atom. The third-order valence-electron chi connectivity index (χ3n) is 3.63. The highest BCUT2D eigenvalue weighted by Gasteiger charge is 2.17. The van der Waals surface area contributed by atoms with Gasteiger partial charge in [0, 0.05) is 18.6 Å². The molecule has 1 heterocycles. The Morgan fingerprint density at radius 3 is 2.71 bits per heavy atom. The van der Waals surface area contributed by atoms with Crippen LogP contribution in [0.1, 0.15) is 42.3 Å². The van der Waals surface area contributed by atoms with Gasteiger partial charge in [-0.05, 0) is 24.0 Å². The summed E-state index contributed by atoms with van der Waals surface area (Å²) < 4.78 is 0. The number of aliphatic hydroxyl groups is 1. The number of thiazole rings is 1. The van der Waals surface area contributed by atoms with Gasteiger partial charge in [0.15, 0.2) is 5.13 Å². The molecule has 0 amide bonds. The monoisotopic (exact) mass is 324 g/mol. The normalized spacial score (nSPS) is 12.4. The van der Waals surface area contributed by atoms with Gasteiger partial charge >= 0.3 is 0 Å². The lowest BCUT2D eigenvalue weighted by Crippen LogP contribution is -2.16. The van der Waals surface area contributed by atoms with E-state index in [0.29, 0.717) is 12.5 Å². The number of rotatable bonds is 6. The first kappa shape index (κ1) is 16.3. The van der Waals surface area contributed by atoms with E-state index in [0.717, 1.165) is 32.7 Å². The molecular formula is C16H21ClN2OS. The summed E-state index contributed by atoms with van der Waals surface area (Å²) in [5.74, 6) is 0.367. The molecule has 3 nitrogen and oxygen atoms in total. The van der Waals surface area contributed by atoms with Crippen molar-refractivity contribution in [2.45, 2.75) is 39.3 Å². The van der Waals surface area contributed by atoms with Crippen molar-refractivity contribution in [3.8, 4) is 0 Å². The standard InChI is InChI=1S/C16H21ClN2OS/c1-4-11(2)15-14(10-20)21-16(18-15)19(3)9-12-7-5-6-8-13(12)17/h5-8,11,20H,4,9-10H2,1-3H3. The summed E-state index contributed by atoms with van der Waals surface area (Å²) in [4.78, 5) is 7.76. The highest BCUT2D eigenvalue weighted by molar-refractivity contribution is 7.15. The highest BCUT2D eigenvalue weighted by Crippen LogP contribution is 2.32. The molecule has 1 unspecified atom stereocenters. The lowest BCUT2D eigenvalue weighted by Gasteiger charge is -2.16. The molecule has 2 rings (SSSR count). The second kappa shape index (κ2) is 7.25. The summed E-state index contributed by atoms with van der Waals surface area (Å²) in [6.45, 7) is 5.04. The van der Waals surface area contributed by atoms with Crippen LogP contribution in [0.25, 0.3) is 0 Å². The first-order chi connectivity index (χ1) is 10.1. The summed E-state index contributed by atoms with van der Waals surface area (Å²) in [5.41, 5.74) is 2.10. The van der Waals surface area contributed by atoms with Crippen LogP contribution >= 0.6 is 22.9 Å². The Labute approximate surface area is 135 Å². The predicted octanol–water partition coefficient (Wildman–Crippen LogP) is 4.44. The molecule has 1 aromatic carbocycles. The number of hydrogen-bond acceptors (Lipinski definition) is 4. The van der Waals surface area contributed by atoms with Crippen LogP contribution in [0.15, 0.2) is 24.3 Å². The lowest BCUT2D eigenvalue weighted by molar-refractivity contribution is 0.283. The molecule has 0 aliphatic carbocycles. The van der Waals surface area contributed by atoms with E-state index in [-0.39, 0.29) is 6.61 Å². The molecule has 1 aromatic heterocycles. The Kier molecular flexibility index (Phi) is 5.62. The molecule has 1 atom stereocenters. The van der Waals surface area contributed by atoms with Crippen LogP contribution in [0.5, 0.6) is 0 Å². The predicted molar refractivity (Wildman–Crippen MR) is 90.3 cm³/mol. The van der Waals surface area contributed by atoms with Crippen LogP contribution in [-0.2, 0) is 13.2 Å². The zero-order valence-corrected chi connectivity index (χ0v) is 14.2. The molecule has 0 bridgehead atoms. The maximum atomic E-state index is 9.52. The number of halogens is 1. The summed E-state index contributed by atoms with van der Waals surface area (Å²) in [5, 5.41) is 11.2. The SMILES string of the molecule is CCC(C)c1nc(N(C)Cc2ccccc2Cl)sc1CO. The summed E-state index contributed by atoms with van der Waals surface area (Å²) in [7, 11) is 2.00. The van der Waals surface area contributed by atoms with Gasteiger partial charge < -0.3 is 10.0 Å². The zero-order chi connectivity index (χ0) is 15.4. The fourth-order valence-corrected chi connectivity index (χ4v) is 3.35. The van der Waals surface area contributed by atoms with E-state index in [1.54, 1.807) is 11.3 Å². The maximum absolute atomic E-state index is 9.52. The Morgan fingerprint density at radius 2 is 2.10 bits per heavy atom. The van der Waals surface area contributed by atoms with Crippen molar-refractivity contribution in [2.24, 2.45) is 0 Å². The maximum Gasteiger partial charge on any atom is 0.185 e. The molecule has 0 spiro atoms. The lowest BCUT2D eigenvalue weighted by atomic mass is 10.0. The van der Waals surface area contributed by atoms with Crippen molar-refractivity contribution >= 4 is 28.1 Å². The van der Waals surface area contributed by atoms with Gasteiger partial charge in [-0.3, -0.25) is 0 Å². The number of aromatic nitrogens is 1. The van der Waals surface area contributed by atoms with Gasteiger partial charge in [-0.15, -0.1) is 0 Å². The molecule has 0 saturated heterocycles. The molecule has 0 aliphatic rings. The second-order valence-corrected chi connectivity index (χ2v) is 6.69. The minimum absolute atomic E-state index is 0.0529. The van der Waals surface area contributed by atoms with E-state index in [9.17, 15) is 5.11 Å². The summed E-state index contributed by atoms with van der Waals surface area (Å²) >= 11 is 7.77. The Hall–Kier alpha value is -1.10. The van der Waals surface area contributed by atoms with Crippen molar-refractivity contribution in [1.29, 1.82) is 0 Å². The number of nitrogens with zero attached hydrogens (tertiary/aromatic N) is 2. The average Bonchev–Trinajstić information content (AvgIpc) is 2.93. The summed E-state index contributed by atoms with van der Waals surface area (Å²) in [6.07, 6.45) is 1.02. The van der Waals surface area contributed by atoms with Crippen LogP contribution in [0.2, 0.25) is 5.02 Å². The molecule has 0 radical (unpaired) electrons. The zero-order valence-electron chi connectivity index (χ0n) is 12.6. The largest absolute Gasteiger partial charge is 0.391 e. The van der Waals surface area contributed by atoms with E-state index in [1.165, 1.54) is 0 Å². The first-order valence-electron chi connectivity index (χ1n) is 7.11. The van der Waals surface area contributed by atoms with E-state index >= 15 is 0 Å². The topological polar surface area (TPSA) is 36.4 Å². The Balaban J connectivity index is 2.21. The Bertz CT molecular complexity index is 600. The van der Waals surface area contributed by atoms with E-state index in [2.05, 4.69) is 18.7 Å². The quantitative estimate of drug-likeness (QED) is 0.853. The third-order valence-corrected chi connectivity index (χ3v) is 5.17. The third kappa shape index (κ3) is 3.76. The smallest absolute Gasteiger partial charge is 0.185 e. The van der Waals surface area contributed by atoms with Gasteiger partial charge in [0.2, 0.25) is 0 Å². The van der Waals surface area contributed by atoms with Crippen LogP contribution in [0, 0.1) is 0 Å². The number of anilines is 1. The van der Waals surface area contributed by atoms with Crippen LogP contribution in [-0.4, -0.2) is 17.1 Å². The van der Waals surface area contributed by atoms with Gasteiger partial charge in [0.25, 0.3) is 0 Å². The molecule has 0 fully saturated rings. The molecular weight excluding hydrogens is 304 g/mol. The minimum Gasteiger partial charge on any atom is -0.391 e. The van der Waals surface area contributed by atoms with Gasteiger partial charge in [0.1, 0.15) is 0 Å². The van der Waals surface area contributed by atoms with Crippen molar-refractivity contribution in [3.63, 3.8) is 0 Å². The van der Waals surface area contributed by atoms with Gasteiger partial charge in [-0.1, -0.05) is 55.0 Å². The fraction of sp³-hybridized carbons (Fsp3) is 0.438. The summed E-state index contributed by atoms with van der Waals surface area (Å²) in [6, 6.07) is 7.84. The van der Waals surface area contributed by atoms with Crippen LogP contribution in [0.3, 0.4) is 0 Å². The molecule has 0 saturated carbocycles.